The molecule has 1 atom stereocenters. The molecule has 7 heteroatoms. The zero-order valence-corrected chi connectivity index (χ0v) is 18.8. The summed E-state index contributed by atoms with van der Waals surface area (Å²) in [5.41, 5.74) is 3.34. The molecule has 0 fully saturated rings. The number of rotatable bonds is 3. The maximum absolute atomic E-state index is 13.9. The molecule has 1 spiro atoms. The number of methoxy groups -OCH3 is 2. The number of hydrogen-bond donors (Lipinski definition) is 2. The van der Waals surface area contributed by atoms with Gasteiger partial charge in [-0.3, -0.25) is 9.59 Å². The Morgan fingerprint density at radius 2 is 1.71 bits per heavy atom. The number of benzene rings is 3. The SMILES string of the molecule is COc1ccc(C(=O)N2CCc3c([nH]c4ccc(OC)cc34)[C@@]23C(=O)Nc2ccccc23)cc1. The molecule has 4 aromatic rings. The van der Waals surface area contributed by atoms with Gasteiger partial charge in [0.15, 0.2) is 5.54 Å². The summed E-state index contributed by atoms with van der Waals surface area (Å²) in [6.07, 6.45) is 0.613. The number of anilines is 1. The minimum atomic E-state index is -1.30. The summed E-state index contributed by atoms with van der Waals surface area (Å²) < 4.78 is 10.7. The zero-order valence-electron chi connectivity index (χ0n) is 18.8. The molecule has 2 amide bonds. The Hall–Kier alpha value is -4.26. The van der Waals surface area contributed by atoms with Gasteiger partial charge in [0.2, 0.25) is 0 Å². The lowest BCUT2D eigenvalue weighted by Crippen LogP contribution is -2.57. The van der Waals surface area contributed by atoms with Crippen molar-refractivity contribution in [3.8, 4) is 11.5 Å². The number of nitrogens with zero attached hydrogens (tertiary/aromatic N) is 1. The predicted molar refractivity (Wildman–Crippen MR) is 128 cm³/mol. The van der Waals surface area contributed by atoms with E-state index in [1.165, 1.54) is 0 Å². The van der Waals surface area contributed by atoms with Crippen molar-refractivity contribution < 1.29 is 19.1 Å². The Bertz CT molecular complexity index is 1460. The maximum atomic E-state index is 13.9. The van der Waals surface area contributed by atoms with E-state index in [1.807, 2.05) is 42.5 Å². The minimum absolute atomic E-state index is 0.212. The van der Waals surface area contributed by atoms with Gasteiger partial charge in [-0.15, -0.1) is 0 Å². The van der Waals surface area contributed by atoms with E-state index >= 15 is 0 Å². The van der Waals surface area contributed by atoms with Gasteiger partial charge in [0.05, 0.1) is 19.9 Å². The van der Waals surface area contributed by atoms with E-state index in [9.17, 15) is 9.59 Å². The normalized spacial score (nSPS) is 18.5. The van der Waals surface area contributed by atoms with Crippen LogP contribution in [0.25, 0.3) is 10.9 Å². The van der Waals surface area contributed by atoms with Gasteiger partial charge in [0.25, 0.3) is 11.8 Å². The van der Waals surface area contributed by atoms with Crippen molar-refractivity contribution in [1.82, 2.24) is 9.88 Å². The summed E-state index contributed by atoms with van der Waals surface area (Å²) in [4.78, 5) is 33.0. The van der Waals surface area contributed by atoms with Crippen LogP contribution in [0, 0.1) is 0 Å². The molecule has 0 radical (unpaired) electrons. The second-order valence-corrected chi connectivity index (χ2v) is 8.54. The quantitative estimate of drug-likeness (QED) is 0.490. The number of hydrogen-bond acceptors (Lipinski definition) is 4. The van der Waals surface area contributed by atoms with Crippen molar-refractivity contribution in [3.05, 3.63) is 89.1 Å². The fourth-order valence-corrected chi connectivity index (χ4v) is 5.35. The Balaban J connectivity index is 1.60. The summed E-state index contributed by atoms with van der Waals surface area (Å²) in [5.74, 6) is 0.962. The van der Waals surface area contributed by atoms with Crippen LogP contribution in [0.3, 0.4) is 0 Å². The largest absolute Gasteiger partial charge is 0.497 e. The molecular weight excluding hydrogens is 430 g/mol. The lowest BCUT2D eigenvalue weighted by atomic mass is 9.79. The van der Waals surface area contributed by atoms with Gasteiger partial charge < -0.3 is 24.7 Å². The van der Waals surface area contributed by atoms with Crippen molar-refractivity contribution in [2.75, 3.05) is 26.1 Å². The van der Waals surface area contributed by atoms with Crippen molar-refractivity contribution in [3.63, 3.8) is 0 Å². The first-order chi connectivity index (χ1) is 16.6. The first-order valence-electron chi connectivity index (χ1n) is 11.1. The highest BCUT2D eigenvalue weighted by atomic mass is 16.5. The van der Waals surface area contributed by atoms with Crippen LogP contribution < -0.4 is 14.8 Å². The van der Waals surface area contributed by atoms with E-state index in [0.717, 1.165) is 33.5 Å². The molecule has 1 aromatic heterocycles. The molecule has 3 heterocycles. The summed E-state index contributed by atoms with van der Waals surface area (Å²) in [7, 11) is 3.22. The number of carbonyl (C=O) groups excluding carboxylic acids is 2. The number of fused-ring (bicyclic) bond motifs is 6. The Kier molecular flexibility index (Phi) is 4.42. The van der Waals surface area contributed by atoms with E-state index in [1.54, 1.807) is 43.4 Å². The van der Waals surface area contributed by atoms with E-state index in [4.69, 9.17) is 9.47 Å². The van der Waals surface area contributed by atoms with Crippen molar-refractivity contribution >= 4 is 28.4 Å². The van der Waals surface area contributed by atoms with E-state index in [0.29, 0.717) is 30.0 Å². The number of H-pyrrole nitrogens is 1. The average Bonchev–Trinajstić information content (AvgIpc) is 3.39. The topological polar surface area (TPSA) is 83.7 Å². The number of ether oxygens (including phenoxy) is 2. The molecule has 0 unspecified atom stereocenters. The fraction of sp³-hybridized carbons (Fsp3) is 0.185. The first kappa shape index (κ1) is 20.4. The van der Waals surface area contributed by atoms with Crippen molar-refractivity contribution in [2.24, 2.45) is 0 Å². The zero-order chi connectivity index (χ0) is 23.4. The van der Waals surface area contributed by atoms with Gasteiger partial charge in [-0.05, 0) is 60.5 Å². The van der Waals surface area contributed by atoms with Crippen molar-refractivity contribution in [1.29, 1.82) is 0 Å². The van der Waals surface area contributed by atoms with Crippen LogP contribution in [0.15, 0.2) is 66.7 Å². The highest BCUT2D eigenvalue weighted by Crippen LogP contribution is 2.50. The molecule has 0 aliphatic carbocycles. The van der Waals surface area contributed by atoms with Crippen LogP contribution >= 0.6 is 0 Å². The fourth-order valence-electron chi connectivity index (χ4n) is 5.35. The highest BCUT2D eigenvalue weighted by molar-refractivity contribution is 6.12. The maximum Gasteiger partial charge on any atom is 0.261 e. The number of carbonyl (C=O) groups is 2. The Labute approximate surface area is 196 Å². The van der Waals surface area contributed by atoms with Gasteiger partial charge >= 0.3 is 0 Å². The van der Waals surface area contributed by atoms with Crippen LogP contribution in [-0.2, 0) is 16.8 Å². The van der Waals surface area contributed by atoms with Crippen molar-refractivity contribution in [2.45, 2.75) is 12.0 Å². The van der Waals surface area contributed by atoms with Crippen LogP contribution in [-0.4, -0.2) is 42.5 Å². The van der Waals surface area contributed by atoms with Gasteiger partial charge in [-0.1, -0.05) is 18.2 Å². The summed E-state index contributed by atoms with van der Waals surface area (Å²) in [6, 6.07) is 20.4. The van der Waals surface area contributed by atoms with E-state index < -0.39 is 5.54 Å². The summed E-state index contributed by atoms with van der Waals surface area (Å²) in [5, 5.41) is 4.03. The average molecular weight is 453 g/mol. The molecule has 0 saturated carbocycles. The minimum Gasteiger partial charge on any atom is -0.497 e. The lowest BCUT2D eigenvalue weighted by molar-refractivity contribution is -0.124. The van der Waals surface area contributed by atoms with Crippen LogP contribution in [0.5, 0.6) is 11.5 Å². The molecule has 2 aliphatic rings. The van der Waals surface area contributed by atoms with E-state index in [-0.39, 0.29) is 11.8 Å². The predicted octanol–water partition coefficient (Wildman–Crippen LogP) is 4.08. The number of aromatic nitrogens is 1. The number of amides is 2. The molecule has 0 saturated heterocycles. The standard InChI is InChI=1S/C27H23N3O4/c1-33-17-9-7-16(8-10-17)25(31)30-14-13-19-20-15-18(34-2)11-12-22(20)28-24(19)27(30)21-5-3-4-6-23(21)29-26(27)32/h3-12,15,28H,13-14H2,1-2H3,(H,29,32)/t27-/m0/s1. The molecule has 6 rings (SSSR count). The lowest BCUT2D eigenvalue weighted by Gasteiger charge is -2.43. The van der Waals surface area contributed by atoms with Gasteiger partial charge in [0, 0.05) is 34.3 Å². The molecular formula is C27H23N3O4. The van der Waals surface area contributed by atoms with Gasteiger partial charge in [-0.2, -0.15) is 0 Å². The monoisotopic (exact) mass is 453 g/mol. The highest BCUT2D eigenvalue weighted by Gasteiger charge is 2.58. The van der Waals surface area contributed by atoms with E-state index in [2.05, 4.69) is 10.3 Å². The third kappa shape index (κ3) is 2.64. The third-order valence-corrected chi connectivity index (χ3v) is 6.94. The molecule has 170 valence electrons. The second-order valence-electron chi connectivity index (χ2n) is 8.54. The van der Waals surface area contributed by atoms with Gasteiger partial charge in [-0.25, -0.2) is 0 Å². The van der Waals surface area contributed by atoms with Gasteiger partial charge in [0.1, 0.15) is 11.5 Å². The number of para-hydroxylation sites is 1. The second kappa shape index (κ2) is 7.38. The molecule has 34 heavy (non-hydrogen) atoms. The summed E-state index contributed by atoms with van der Waals surface area (Å²) in [6.45, 7) is 0.393. The molecule has 2 N–H and O–H groups in total. The molecule has 7 nitrogen and oxygen atoms in total. The van der Waals surface area contributed by atoms with Crippen LogP contribution in [0.4, 0.5) is 5.69 Å². The van der Waals surface area contributed by atoms with Crippen LogP contribution in [0.2, 0.25) is 0 Å². The smallest absolute Gasteiger partial charge is 0.261 e. The Morgan fingerprint density at radius 3 is 2.47 bits per heavy atom. The molecule has 2 aliphatic heterocycles. The summed E-state index contributed by atoms with van der Waals surface area (Å²) >= 11 is 0. The first-order valence-corrected chi connectivity index (χ1v) is 11.1. The molecule has 3 aromatic carbocycles. The third-order valence-electron chi connectivity index (χ3n) is 6.94. The Morgan fingerprint density at radius 1 is 0.971 bits per heavy atom. The number of aromatic amines is 1. The molecule has 0 bridgehead atoms. The van der Waals surface area contributed by atoms with Crippen LogP contribution in [0.1, 0.15) is 27.2 Å². The number of nitrogens with one attached hydrogen (secondary N) is 2.